The van der Waals surface area contributed by atoms with Crippen molar-refractivity contribution in [1.82, 2.24) is 24.4 Å². The molecule has 4 aromatic rings. The Bertz CT molecular complexity index is 1230. The molecule has 1 aliphatic heterocycles. The minimum Gasteiger partial charge on any atom is -0.491 e. The molecule has 1 aliphatic rings. The van der Waals surface area contributed by atoms with Crippen molar-refractivity contribution in [1.29, 1.82) is 0 Å². The Hall–Kier alpha value is -2.81. The third kappa shape index (κ3) is 3.71. The molecule has 9 heteroatoms. The summed E-state index contributed by atoms with van der Waals surface area (Å²) in [4.78, 5) is 14.9. The summed E-state index contributed by atoms with van der Waals surface area (Å²) in [6, 6.07) is 7.89. The van der Waals surface area contributed by atoms with Gasteiger partial charge in [-0.05, 0) is 18.2 Å². The molecular weight excluding hydrogens is 418 g/mol. The second kappa shape index (κ2) is 8.37. The molecule has 0 unspecified atom stereocenters. The van der Waals surface area contributed by atoms with E-state index in [1.165, 1.54) is 0 Å². The lowest BCUT2D eigenvalue weighted by Crippen LogP contribution is -2.38. The molecule has 0 bridgehead atoms. The molecule has 1 fully saturated rings. The Labute approximate surface area is 184 Å². The van der Waals surface area contributed by atoms with Crippen LogP contribution in [0.25, 0.3) is 33.5 Å². The van der Waals surface area contributed by atoms with Crippen molar-refractivity contribution in [2.75, 3.05) is 47.1 Å². The highest BCUT2D eigenvalue weighted by Crippen LogP contribution is 2.35. The minimum atomic E-state index is 0.466. The first-order chi connectivity index (χ1) is 15.2. The van der Waals surface area contributed by atoms with E-state index in [0.29, 0.717) is 16.7 Å². The van der Waals surface area contributed by atoms with Gasteiger partial charge < -0.3 is 23.8 Å². The van der Waals surface area contributed by atoms with Crippen molar-refractivity contribution in [2.45, 2.75) is 6.54 Å². The van der Waals surface area contributed by atoms with E-state index in [-0.39, 0.29) is 0 Å². The quantitative estimate of drug-likeness (QED) is 0.492. The van der Waals surface area contributed by atoms with E-state index in [4.69, 9.17) is 25.8 Å². The number of hydrogen-bond acceptors (Lipinski definition) is 6. The van der Waals surface area contributed by atoms with E-state index in [2.05, 4.69) is 30.5 Å². The number of pyridine rings is 2. The molecule has 0 aliphatic carbocycles. The average Bonchev–Trinajstić information content (AvgIpc) is 3.39. The summed E-state index contributed by atoms with van der Waals surface area (Å²) in [7, 11) is 3.22. The summed E-state index contributed by atoms with van der Waals surface area (Å²) >= 11 is 6.39. The number of aromatic nitrogens is 4. The Morgan fingerprint density at radius 1 is 1.13 bits per heavy atom. The molecule has 8 nitrogen and oxygen atoms in total. The van der Waals surface area contributed by atoms with Crippen molar-refractivity contribution in [3.05, 3.63) is 35.5 Å². The third-order valence-corrected chi connectivity index (χ3v) is 6.06. The largest absolute Gasteiger partial charge is 0.491 e. The lowest BCUT2D eigenvalue weighted by atomic mass is 10.2. The summed E-state index contributed by atoms with van der Waals surface area (Å²) in [5, 5.41) is 1.57. The maximum atomic E-state index is 6.39. The third-order valence-electron chi connectivity index (χ3n) is 5.73. The number of aromatic amines is 1. The molecule has 162 valence electrons. The van der Waals surface area contributed by atoms with E-state index in [9.17, 15) is 0 Å². The fraction of sp³-hybridized carbons (Fsp3) is 0.364. The first kappa shape index (κ1) is 20.1. The van der Waals surface area contributed by atoms with Crippen LogP contribution in [0.1, 0.15) is 0 Å². The van der Waals surface area contributed by atoms with E-state index in [1.54, 1.807) is 26.5 Å². The Morgan fingerprint density at radius 2 is 1.97 bits per heavy atom. The van der Waals surface area contributed by atoms with Crippen LogP contribution < -0.4 is 9.47 Å². The van der Waals surface area contributed by atoms with Crippen LogP contribution in [0.15, 0.2) is 30.5 Å². The fourth-order valence-corrected chi connectivity index (χ4v) is 4.30. The topological polar surface area (TPSA) is 77.4 Å². The van der Waals surface area contributed by atoms with Gasteiger partial charge in [0.15, 0.2) is 5.75 Å². The smallest absolute Gasteiger partial charge is 0.257 e. The predicted molar refractivity (Wildman–Crippen MR) is 120 cm³/mol. The van der Waals surface area contributed by atoms with E-state index in [1.807, 2.05) is 12.1 Å². The van der Waals surface area contributed by atoms with E-state index < -0.39 is 0 Å². The highest BCUT2D eigenvalue weighted by atomic mass is 35.5. The number of ether oxygens (including phenoxy) is 3. The van der Waals surface area contributed by atoms with Crippen LogP contribution in [0.3, 0.4) is 0 Å². The first-order valence-electron chi connectivity index (χ1n) is 10.2. The number of fused-ring (bicyclic) bond motifs is 2. The number of morpholine rings is 1. The van der Waals surface area contributed by atoms with Gasteiger partial charge in [-0.1, -0.05) is 11.6 Å². The Kier molecular flexibility index (Phi) is 5.43. The van der Waals surface area contributed by atoms with Gasteiger partial charge >= 0.3 is 0 Å². The van der Waals surface area contributed by atoms with Crippen LogP contribution in [-0.4, -0.2) is 71.5 Å². The molecule has 5 heterocycles. The molecule has 0 aromatic carbocycles. The molecule has 0 saturated carbocycles. The Morgan fingerprint density at radius 3 is 2.71 bits per heavy atom. The number of methoxy groups -OCH3 is 2. The summed E-state index contributed by atoms with van der Waals surface area (Å²) in [6.45, 7) is 5.14. The molecule has 5 rings (SSSR count). The van der Waals surface area contributed by atoms with Crippen LogP contribution in [0.5, 0.6) is 11.6 Å². The van der Waals surface area contributed by atoms with Crippen LogP contribution in [-0.2, 0) is 11.3 Å². The van der Waals surface area contributed by atoms with Gasteiger partial charge in [-0.2, -0.15) is 0 Å². The summed E-state index contributed by atoms with van der Waals surface area (Å²) < 4.78 is 18.7. The van der Waals surface area contributed by atoms with Gasteiger partial charge in [0.1, 0.15) is 5.65 Å². The molecular formula is C22H24ClN5O3. The Balaban J connectivity index is 1.63. The van der Waals surface area contributed by atoms with Gasteiger partial charge in [0.05, 0.1) is 54.9 Å². The second-order valence-corrected chi connectivity index (χ2v) is 7.88. The molecule has 0 spiro atoms. The second-order valence-electron chi connectivity index (χ2n) is 7.48. The fourth-order valence-electron chi connectivity index (χ4n) is 4.10. The zero-order valence-corrected chi connectivity index (χ0v) is 18.3. The predicted octanol–water partition coefficient (Wildman–Crippen LogP) is 3.58. The summed E-state index contributed by atoms with van der Waals surface area (Å²) in [6.07, 6.45) is 1.70. The highest BCUT2D eigenvalue weighted by Gasteiger charge is 2.19. The van der Waals surface area contributed by atoms with Crippen LogP contribution in [0, 0.1) is 0 Å². The number of rotatable bonds is 6. The average molecular weight is 442 g/mol. The van der Waals surface area contributed by atoms with Gasteiger partial charge in [-0.3, -0.25) is 4.90 Å². The minimum absolute atomic E-state index is 0.466. The van der Waals surface area contributed by atoms with Crippen molar-refractivity contribution in [3.63, 3.8) is 0 Å². The first-order valence-corrected chi connectivity index (χ1v) is 10.6. The normalized spacial score (nSPS) is 15.1. The molecule has 1 saturated heterocycles. The number of hydrogen-bond donors (Lipinski definition) is 1. The van der Waals surface area contributed by atoms with E-state index in [0.717, 1.165) is 72.8 Å². The molecule has 4 aromatic heterocycles. The van der Waals surface area contributed by atoms with Crippen molar-refractivity contribution < 1.29 is 14.2 Å². The van der Waals surface area contributed by atoms with E-state index >= 15 is 0 Å². The van der Waals surface area contributed by atoms with Gasteiger partial charge in [0.25, 0.3) is 5.88 Å². The van der Waals surface area contributed by atoms with Gasteiger partial charge in [0, 0.05) is 43.8 Å². The van der Waals surface area contributed by atoms with Crippen LogP contribution in [0.2, 0.25) is 5.02 Å². The number of nitrogens with one attached hydrogen (secondary N) is 1. The zero-order valence-electron chi connectivity index (χ0n) is 17.5. The lowest BCUT2D eigenvalue weighted by molar-refractivity contribution is 0.0366. The SMILES string of the molecule is COc1cc2c(cc(-c3cc4c(Cl)ccnc4[nH]3)n2CCN2CCOCC2)nc1OC. The number of halogens is 1. The molecule has 1 N–H and O–H groups in total. The van der Waals surface area contributed by atoms with Crippen LogP contribution in [0.4, 0.5) is 0 Å². The standard InChI is InChI=1S/C22H24ClN5O3/c1-29-20-13-19-17(26-22(20)30-2)12-18(28(19)6-5-27-7-9-31-10-8-27)16-11-14-15(23)3-4-24-21(14)25-16/h3-4,11-13H,5-10H2,1-2H3,(H,24,25). The van der Waals surface area contributed by atoms with Gasteiger partial charge in [-0.25, -0.2) is 9.97 Å². The lowest BCUT2D eigenvalue weighted by Gasteiger charge is -2.27. The maximum Gasteiger partial charge on any atom is 0.257 e. The zero-order chi connectivity index (χ0) is 21.4. The van der Waals surface area contributed by atoms with Gasteiger partial charge in [0.2, 0.25) is 0 Å². The van der Waals surface area contributed by atoms with Crippen molar-refractivity contribution >= 4 is 33.7 Å². The van der Waals surface area contributed by atoms with Crippen molar-refractivity contribution in [2.24, 2.45) is 0 Å². The van der Waals surface area contributed by atoms with Crippen molar-refractivity contribution in [3.8, 4) is 23.0 Å². The highest BCUT2D eigenvalue weighted by molar-refractivity contribution is 6.35. The number of H-pyrrole nitrogens is 1. The molecule has 0 radical (unpaired) electrons. The molecule has 0 amide bonds. The van der Waals surface area contributed by atoms with Gasteiger partial charge in [-0.15, -0.1) is 0 Å². The summed E-state index contributed by atoms with van der Waals surface area (Å²) in [5.74, 6) is 1.07. The molecule has 31 heavy (non-hydrogen) atoms. The monoisotopic (exact) mass is 441 g/mol. The summed E-state index contributed by atoms with van der Waals surface area (Å²) in [5.41, 5.74) is 4.54. The number of nitrogens with zero attached hydrogens (tertiary/aromatic N) is 4. The van der Waals surface area contributed by atoms with Crippen LogP contribution >= 0.6 is 11.6 Å². The molecule has 0 atom stereocenters. The maximum absolute atomic E-state index is 6.39.